The van der Waals surface area contributed by atoms with Crippen LogP contribution in [0, 0.1) is 17.0 Å². The topological polar surface area (TPSA) is 138 Å². The number of nitrogens with zero attached hydrogens (tertiary/aromatic N) is 2. The predicted octanol–water partition coefficient (Wildman–Crippen LogP) is 3.70. The third kappa shape index (κ3) is 8.01. The molecular formula is C31H38F2N4O5. The van der Waals surface area contributed by atoms with Crippen LogP contribution >= 0.6 is 0 Å². The molecule has 0 spiro atoms. The fourth-order valence-electron chi connectivity index (χ4n) is 4.89. The highest BCUT2D eigenvalue weighted by Gasteiger charge is 2.37. The number of aromatic nitrogens is 1. The van der Waals surface area contributed by atoms with E-state index in [4.69, 9.17) is 10.8 Å². The van der Waals surface area contributed by atoms with Gasteiger partial charge in [0, 0.05) is 36.1 Å². The first-order valence-electron chi connectivity index (χ1n) is 13.6. The number of carboxylic acid groups (broad SMARTS) is 1. The Kier molecular flexibility index (Phi) is 10.6. The van der Waals surface area contributed by atoms with E-state index in [9.17, 15) is 28.3 Å². The van der Waals surface area contributed by atoms with Crippen molar-refractivity contribution in [1.82, 2.24) is 14.8 Å². The van der Waals surface area contributed by atoms with E-state index >= 15 is 0 Å². The van der Waals surface area contributed by atoms with Crippen molar-refractivity contribution in [2.24, 2.45) is 11.1 Å². The van der Waals surface area contributed by atoms with Gasteiger partial charge in [-0.3, -0.25) is 14.4 Å². The molecule has 1 heterocycles. The lowest BCUT2D eigenvalue weighted by atomic mass is 9.82. The van der Waals surface area contributed by atoms with Crippen molar-refractivity contribution in [3.8, 4) is 11.1 Å². The maximum absolute atomic E-state index is 14.9. The number of carbonyl (C=O) groups is 3. The van der Waals surface area contributed by atoms with Gasteiger partial charge in [-0.2, -0.15) is 0 Å². The van der Waals surface area contributed by atoms with Crippen molar-refractivity contribution < 1.29 is 33.4 Å². The van der Waals surface area contributed by atoms with Gasteiger partial charge in [0.15, 0.2) is 0 Å². The van der Waals surface area contributed by atoms with Crippen LogP contribution in [0.15, 0.2) is 60.8 Å². The number of amides is 2. The van der Waals surface area contributed by atoms with Gasteiger partial charge in [0.05, 0.1) is 12.1 Å². The van der Waals surface area contributed by atoms with Gasteiger partial charge in [-0.05, 0) is 48.6 Å². The monoisotopic (exact) mass is 584 g/mol. The fourth-order valence-corrected chi connectivity index (χ4v) is 4.89. The third-order valence-corrected chi connectivity index (χ3v) is 6.98. The molecule has 0 fully saturated rings. The molecule has 226 valence electrons. The second-order valence-electron chi connectivity index (χ2n) is 11.4. The number of aliphatic hydroxyl groups is 1. The van der Waals surface area contributed by atoms with Gasteiger partial charge in [0.2, 0.25) is 11.8 Å². The van der Waals surface area contributed by atoms with Crippen molar-refractivity contribution >= 4 is 17.8 Å². The Hall–Kier alpha value is -4.09. The minimum absolute atomic E-state index is 0.0265. The summed E-state index contributed by atoms with van der Waals surface area (Å²) in [6, 6.07) is 11.4. The first-order chi connectivity index (χ1) is 19.7. The quantitative estimate of drug-likeness (QED) is 0.256. The molecule has 3 aromatic rings. The number of nitrogens with one attached hydrogen (secondary N) is 1. The van der Waals surface area contributed by atoms with E-state index < -0.39 is 59.6 Å². The standard InChI is InChI=1S/C31H38F2N4O5/c1-19(30(41)42)35-29(40)25(34)12-13-37(27(39)18-38)28(31(2,3)4)26-14-21(23-15-22(32)10-11-24(23)33)17-36(26)16-20-8-6-5-7-9-20/h5-11,14-15,17,19,25,28,38H,12-13,16,18,34H2,1-4H3,(H,35,40)(H,41,42)/t19-,25-,28-/m0/s1. The summed E-state index contributed by atoms with van der Waals surface area (Å²) in [4.78, 5) is 38.3. The average Bonchev–Trinajstić information content (AvgIpc) is 3.33. The number of halogens is 2. The molecular weight excluding hydrogens is 546 g/mol. The zero-order chi connectivity index (χ0) is 31.2. The summed E-state index contributed by atoms with van der Waals surface area (Å²) < 4.78 is 30.9. The second-order valence-corrected chi connectivity index (χ2v) is 11.4. The minimum Gasteiger partial charge on any atom is -0.480 e. The summed E-state index contributed by atoms with van der Waals surface area (Å²) in [5.41, 5.74) is 7.41. The molecule has 2 amide bonds. The zero-order valence-electron chi connectivity index (χ0n) is 24.2. The summed E-state index contributed by atoms with van der Waals surface area (Å²) in [6.45, 7) is 6.52. The van der Waals surface area contributed by atoms with E-state index in [1.54, 1.807) is 12.3 Å². The van der Waals surface area contributed by atoms with Crippen LogP contribution in [0.1, 0.15) is 51.4 Å². The molecule has 42 heavy (non-hydrogen) atoms. The number of hydrogen-bond acceptors (Lipinski definition) is 5. The molecule has 0 radical (unpaired) electrons. The molecule has 1 aromatic heterocycles. The fraction of sp³-hybridized carbons (Fsp3) is 0.387. The lowest BCUT2D eigenvalue weighted by Gasteiger charge is -2.41. The molecule has 0 aliphatic heterocycles. The molecule has 0 unspecified atom stereocenters. The van der Waals surface area contributed by atoms with E-state index in [-0.39, 0.29) is 18.5 Å². The van der Waals surface area contributed by atoms with Crippen molar-refractivity contribution in [3.63, 3.8) is 0 Å². The van der Waals surface area contributed by atoms with Crippen LogP contribution < -0.4 is 11.1 Å². The van der Waals surface area contributed by atoms with Crippen molar-refractivity contribution in [2.75, 3.05) is 13.2 Å². The van der Waals surface area contributed by atoms with E-state index in [2.05, 4.69) is 5.32 Å². The number of carbonyl (C=O) groups excluding carboxylic acids is 2. The van der Waals surface area contributed by atoms with Gasteiger partial charge in [-0.15, -0.1) is 0 Å². The molecule has 0 aliphatic rings. The zero-order valence-corrected chi connectivity index (χ0v) is 24.2. The van der Waals surface area contributed by atoms with Crippen LogP contribution in [0.2, 0.25) is 0 Å². The number of nitrogens with two attached hydrogens (primary N) is 1. The number of aliphatic hydroxyl groups excluding tert-OH is 1. The summed E-state index contributed by atoms with van der Waals surface area (Å²) in [5.74, 6) is -3.73. The highest BCUT2D eigenvalue weighted by atomic mass is 19.1. The van der Waals surface area contributed by atoms with Gasteiger partial charge < -0.3 is 30.7 Å². The molecule has 2 aromatic carbocycles. The van der Waals surface area contributed by atoms with Crippen LogP contribution in [0.4, 0.5) is 8.78 Å². The number of rotatable bonds is 12. The molecule has 3 atom stereocenters. The number of hydrogen-bond donors (Lipinski definition) is 4. The Bertz CT molecular complexity index is 1400. The number of benzene rings is 2. The largest absolute Gasteiger partial charge is 0.480 e. The van der Waals surface area contributed by atoms with Gasteiger partial charge >= 0.3 is 5.97 Å². The molecule has 5 N–H and O–H groups in total. The maximum atomic E-state index is 14.9. The summed E-state index contributed by atoms with van der Waals surface area (Å²) in [6.07, 6.45) is 1.67. The second kappa shape index (κ2) is 13.7. The Morgan fingerprint density at radius 3 is 2.33 bits per heavy atom. The molecule has 0 bridgehead atoms. The van der Waals surface area contributed by atoms with Crippen molar-refractivity contribution in [3.05, 3.63) is 83.7 Å². The lowest BCUT2D eigenvalue weighted by Crippen LogP contribution is -2.50. The Morgan fingerprint density at radius 2 is 1.74 bits per heavy atom. The first-order valence-corrected chi connectivity index (χ1v) is 13.6. The summed E-state index contributed by atoms with van der Waals surface area (Å²) in [5, 5.41) is 21.3. The van der Waals surface area contributed by atoms with Crippen LogP contribution in [0.25, 0.3) is 11.1 Å². The Labute approximate surface area is 243 Å². The molecule has 9 nitrogen and oxygen atoms in total. The van der Waals surface area contributed by atoms with Gasteiger partial charge in [0.25, 0.3) is 0 Å². The first kappa shape index (κ1) is 32.4. The Balaban J connectivity index is 2.08. The van der Waals surface area contributed by atoms with Crippen molar-refractivity contribution in [2.45, 2.75) is 58.8 Å². The van der Waals surface area contributed by atoms with Gasteiger partial charge in [0.1, 0.15) is 24.3 Å². The summed E-state index contributed by atoms with van der Waals surface area (Å²) >= 11 is 0. The normalized spacial score (nSPS) is 13.7. The maximum Gasteiger partial charge on any atom is 0.325 e. The van der Waals surface area contributed by atoms with E-state index in [0.29, 0.717) is 17.8 Å². The third-order valence-electron chi connectivity index (χ3n) is 6.98. The number of carboxylic acids is 1. The lowest BCUT2D eigenvalue weighted by molar-refractivity contribution is -0.141. The van der Waals surface area contributed by atoms with Crippen LogP contribution in [-0.4, -0.2) is 62.7 Å². The Morgan fingerprint density at radius 1 is 1.07 bits per heavy atom. The predicted molar refractivity (Wildman–Crippen MR) is 154 cm³/mol. The van der Waals surface area contributed by atoms with Crippen LogP contribution in [-0.2, 0) is 20.9 Å². The highest BCUT2D eigenvalue weighted by molar-refractivity contribution is 5.86. The highest BCUT2D eigenvalue weighted by Crippen LogP contribution is 2.41. The molecule has 0 saturated carbocycles. The van der Waals surface area contributed by atoms with E-state index in [0.717, 1.165) is 23.8 Å². The average molecular weight is 585 g/mol. The summed E-state index contributed by atoms with van der Waals surface area (Å²) in [7, 11) is 0. The van der Waals surface area contributed by atoms with E-state index in [1.807, 2.05) is 55.7 Å². The van der Waals surface area contributed by atoms with E-state index in [1.165, 1.54) is 11.8 Å². The number of aliphatic carboxylic acids is 1. The smallest absolute Gasteiger partial charge is 0.325 e. The SMILES string of the molecule is C[C@H](NC(=O)[C@@H](N)CCN(C(=O)CO)[C@@H](c1cc(-c2cc(F)ccc2F)cn1Cc1ccccc1)C(C)(C)C)C(=O)O. The van der Waals surface area contributed by atoms with Gasteiger partial charge in [-0.1, -0.05) is 51.1 Å². The van der Waals surface area contributed by atoms with Crippen molar-refractivity contribution in [1.29, 1.82) is 0 Å². The molecule has 0 saturated heterocycles. The van der Waals surface area contributed by atoms with Gasteiger partial charge in [-0.25, -0.2) is 8.78 Å². The van der Waals surface area contributed by atoms with Crippen LogP contribution in [0.5, 0.6) is 0 Å². The molecule has 11 heteroatoms. The molecule has 3 rings (SSSR count). The van der Waals surface area contributed by atoms with Crippen LogP contribution in [0.3, 0.4) is 0 Å². The minimum atomic E-state index is -1.22. The molecule has 0 aliphatic carbocycles.